The molecule has 0 aliphatic rings. The first-order valence-electron chi connectivity index (χ1n) is 8.05. The Bertz CT molecular complexity index is 832. The molecule has 6 nitrogen and oxygen atoms in total. The number of aryl methyl sites for hydroxylation is 2. The normalized spacial score (nSPS) is 11.5. The SMILES string of the molecule is Cc1nn(CCCNC(=O)CCS(=O)(=O)c2ccccc2)c(C)c1Cl. The van der Waals surface area contributed by atoms with Gasteiger partial charge in [0.2, 0.25) is 5.91 Å². The van der Waals surface area contributed by atoms with Crippen LogP contribution in [0.2, 0.25) is 5.02 Å². The maximum absolute atomic E-state index is 12.1. The van der Waals surface area contributed by atoms with Crippen molar-refractivity contribution in [1.82, 2.24) is 15.1 Å². The Morgan fingerprint density at radius 1 is 1.24 bits per heavy atom. The fourth-order valence-corrected chi connectivity index (χ4v) is 3.81. The molecule has 25 heavy (non-hydrogen) atoms. The Labute approximate surface area is 153 Å². The smallest absolute Gasteiger partial charge is 0.221 e. The second kappa shape index (κ2) is 8.49. The van der Waals surface area contributed by atoms with E-state index in [1.54, 1.807) is 18.2 Å². The number of benzene rings is 1. The number of hydrogen-bond acceptors (Lipinski definition) is 4. The molecular formula is C17H22ClN3O3S. The van der Waals surface area contributed by atoms with E-state index >= 15 is 0 Å². The predicted octanol–water partition coefficient (Wildman–Crippen LogP) is 2.52. The highest BCUT2D eigenvalue weighted by molar-refractivity contribution is 7.91. The van der Waals surface area contributed by atoms with Crippen LogP contribution in [-0.4, -0.2) is 36.4 Å². The molecule has 0 atom stereocenters. The van der Waals surface area contributed by atoms with E-state index in [0.717, 1.165) is 11.4 Å². The zero-order valence-corrected chi connectivity index (χ0v) is 15.9. The lowest BCUT2D eigenvalue weighted by atomic mass is 10.3. The molecule has 2 aromatic rings. The monoisotopic (exact) mass is 383 g/mol. The summed E-state index contributed by atoms with van der Waals surface area (Å²) in [7, 11) is -3.43. The number of hydrogen-bond donors (Lipinski definition) is 1. The number of rotatable bonds is 8. The van der Waals surface area contributed by atoms with Crippen molar-refractivity contribution < 1.29 is 13.2 Å². The molecule has 0 unspecified atom stereocenters. The Hall–Kier alpha value is -1.86. The van der Waals surface area contributed by atoms with Gasteiger partial charge in [-0.1, -0.05) is 29.8 Å². The Balaban J connectivity index is 1.73. The lowest BCUT2D eigenvalue weighted by molar-refractivity contribution is -0.120. The molecule has 2 rings (SSSR count). The molecule has 0 saturated heterocycles. The Morgan fingerprint density at radius 3 is 2.52 bits per heavy atom. The van der Waals surface area contributed by atoms with E-state index in [9.17, 15) is 13.2 Å². The number of nitrogens with one attached hydrogen (secondary N) is 1. The minimum Gasteiger partial charge on any atom is -0.356 e. The summed E-state index contributed by atoms with van der Waals surface area (Å²) < 4.78 is 26.0. The van der Waals surface area contributed by atoms with Crippen molar-refractivity contribution in [3.8, 4) is 0 Å². The Morgan fingerprint density at radius 2 is 1.92 bits per heavy atom. The summed E-state index contributed by atoms with van der Waals surface area (Å²) in [6.07, 6.45) is 0.637. The van der Waals surface area contributed by atoms with Crippen LogP contribution in [0, 0.1) is 13.8 Å². The second-order valence-corrected chi connectivity index (χ2v) is 8.28. The van der Waals surface area contributed by atoms with Gasteiger partial charge in [0.15, 0.2) is 9.84 Å². The highest BCUT2D eigenvalue weighted by atomic mass is 35.5. The van der Waals surface area contributed by atoms with E-state index < -0.39 is 9.84 Å². The van der Waals surface area contributed by atoms with Crippen molar-refractivity contribution in [2.45, 2.75) is 38.1 Å². The molecular weight excluding hydrogens is 362 g/mol. The van der Waals surface area contributed by atoms with Gasteiger partial charge in [-0.3, -0.25) is 9.48 Å². The molecule has 0 saturated carbocycles. The number of aromatic nitrogens is 2. The first-order chi connectivity index (χ1) is 11.8. The zero-order valence-electron chi connectivity index (χ0n) is 14.3. The van der Waals surface area contributed by atoms with Gasteiger partial charge >= 0.3 is 0 Å². The van der Waals surface area contributed by atoms with E-state index in [0.29, 0.717) is 24.5 Å². The summed E-state index contributed by atoms with van der Waals surface area (Å²) in [5, 5.41) is 7.72. The zero-order chi connectivity index (χ0) is 18.4. The van der Waals surface area contributed by atoms with Crippen LogP contribution in [-0.2, 0) is 21.2 Å². The molecule has 136 valence electrons. The van der Waals surface area contributed by atoms with Gasteiger partial charge < -0.3 is 5.32 Å². The van der Waals surface area contributed by atoms with Gasteiger partial charge in [0.05, 0.1) is 27.1 Å². The van der Waals surface area contributed by atoms with Gasteiger partial charge in [0, 0.05) is 19.5 Å². The first-order valence-corrected chi connectivity index (χ1v) is 10.1. The van der Waals surface area contributed by atoms with Crippen LogP contribution in [0.25, 0.3) is 0 Å². The average molecular weight is 384 g/mol. The highest BCUT2D eigenvalue weighted by Gasteiger charge is 2.16. The number of sulfone groups is 1. The molecule has 1 heterocycles. The largest absolute Gasteiger partial charge is 0.356 e. The standard InChI is InChI=1S/C17H22ClN3O3S/c1-13-17(18)14(2)21(20-13)11-6-10-19-16(22)9-12-25(23,24)15-7-4-3-5-8-15/h3-5,7-8H,6,9-12H2,1-2H3,(H,19,22). The number of carbonyl (C=O) groups excluding carboxylic acids is 1. The van der Waals surface area contributed by atoms with Crippen molar-refractivity contribution in [3.05, 3.63) is 46.7 Å². The van der Waals surface area contributed by atoms with Gasteiger partial charge in [0.1, 0.15) is 0 Å². The minimum atomic E-state index is -3.43. The van der Waals surface area contributed by atoms with Crippen molar-refractivity contribution in [3.63, 3.8) is 0 Å². The average Bonchev–Trinajstić information content (AvgIpc) is 2.85. The fraction of sp³-hybridized carbons (Fsp3) is 0.412. The second-order valence-electron chi connectivity index (χ2n) is 5.79. The Kier molecular flexibility index (Phi) is 6.61. The third-order valence-corrected chi connectivity index (χ3v) is 6.14. The van der Waals surface area contributed by atoms with Crippen molar-refractivity contribution in [2.75, 3.05) is 12.3 Å². The quantitative estimate of drug-likeness (QED) is 0.710. The summed E-state index contributed by atoms with van der Waals surface area (Å²) in [4.78, 5) is 12.1. The van der Waals surface area contributed by atoms with Crippen LogP contribution in [0.15, 0.2) is 35.2 Å². The molecule has 1 aromatic carbocycles. The number of halogens is 1. The summed E-state index contributed by atoms with van der Waals surface area (Å²) in [5.41, 5.74) is 1.69. The molecule has 1 aromatic heterocycles. The van der Waals surface area contributed by atoms with E-state index in [1.165, 1.54) is 12.1 Å². The molecule has 1 N–H and O–H groups in total. The van der Waals surface area contributed by atoms with Crippen LogP contribution in [0.1, 0.15) is 24.2 Å². The van der Waals surface area contributed by atoms with E-state index in [4.69, 9.17) is 11.6 Å². The molecule has 0 spiro atoms. The van der Waals surface area contributed by atoms with Crippen LogP contribution < -0.4 is 5.32 Å². The van der Waals surface area contributed by atoms with Gasteiger partial charge in [-0.05, 0) is 32.4 Å². The lowest BCUT2D eigenvalue weighted by Gasteiger charge is -2.07. The van der Waals surface area contributed by atoms with Crippen LogP contribution >= 0.6 is 11.6 Å². The van der Waals surface area contributed by atoms with Gasteiger partial charge in [-0.15, -0.1) is 0 Å². The van der Waals surface area contributed by atoms with E-state index in [1.807, 2.05) is 18.5 Å². The van der Waals surface area contributed by atoms with Crippen LogP contribution in [0.5, 0.6) is 0 Å². The summed E-state index contributed by atoms with van der Waals surface area (Å²) in [5.74, 6) is -0.471. The third kappa shape index (κ3) is 5.31. The molecule has 8 heteroatoms. The maximum Gasteiger partial charge on any atom is 0.221 e. The maximum atomic E-state index is 12.1. The molecule has 1 amide bonds. The van der Waals surface area contributed by atoms with Gasteiger partial charge in [-0.25, -0.2) is 8.42 Å². The lowest BCUT2D eigenvalue weighted by Crippen LogP contribution is -2.27. The third-order valence-electron chi connectivity index (χ3n) is 3.86. The predicted molar refractivity (Wildman–Crippen MR) is 97.4 cm³/mol. The minimum absolute atomic E-state index is 0.0526. The molecule has 0 aliphatic carbocycles. The number of amides is 1. The van der Waals surface area contributed by atoms with Crippen molar-refractivity contribution in [1.29, 1.82) is 0 Å². The van der Waals surface area contributed by atoms with Gasteiger partial charge in [0.25, 0.3) is 0 Å². The van der Waals surface area contributed by atoms with Crippen molar-refractivity contribution in [2.24, 2.45) is 0 Å². The van der Waals surface area contributed by atoms with E-state index in [2.05, 4.69) is 10.4 Å². The summed E-state index contributed by atoms with van der Waals surface area (Å²) in [6.45, 7) is 4.85. The van der Waals surface area contributed by atoms with Crippen LogP contribution in [0.3, 0.4) is 0 Å². The van der Waals surface area contributed by atoms with E-state index in [-0.39, 0.29) is 23.0 Å². The summed E-state index contributed by atoms with van der Waals surface area (Å²) in [6, 6.07) is 8.15. The van der Waals surface area contributed by atoms with Crippen molar-refractivity contribution >= 4 is 27.3 Å². The molecule has 0 radical (unpaired) electrons. The summed E-state index contributed by atoms with van der Waals surface area (Å²) >= 11 is 6.09. The molecule has 0 aliphatic heterocycles. The fourth-order valence-electron chi connectivity index (χ4n) is 2.41. The number of nitrogens with zero attached hydrogens (tertiary/aromatic N) is 2. The number of carbonyl (C=O) groups is 1. The first kappa shape index (κ1) is 19.5. The van der Waals surface area contributed by atoms with Crippen LogP contribution in [0.4, 0.5) is 0 Å². The van der Waals surface area contributed by atoms with Gasteiger partial charge in [-0.2, -0.15) is 5.10 Å². The highest BCUT2D eigenvalue weighted by Crippen LogP contribution is 2.18. The topological polar surface area (TPSA) is 81.1 Å². The molecule has 0 bridgehead atoms. The molecule has 0 fully saturated rings.